The predicted molar refractivity (Wildman–Crippen MR) is 92.2 cm³/mol. The molecule has 0 amide bonds. The number of benzene rings is 1. The summed E-state index contributed by atoms with van der Waals surface area (Å²) in [6.07, 6.45) is 1.13. The van der Waals surface area contributed by atoms with E-state index in [2.05, 4.69) is 52.9 Å². The molecule has 21 heavy (non-hydrogen) atoms. The zero-order chi connectivity index (χ0) is 15.2. The van der Waals surface area contributed by atoms with E-state index in [1.165, 1.54) is 50.5 Å². The van der Waals surface area contributed by atoms with Gasteiger partial charge in [-0.05, 0) is 31.2 Å². The van der Waals surface area contributed by atoms with Gasteiger partial charge in [0.15, 0.2) is 0 Å². The summed E-state index contributed by atoms with van der Waals surface area (Å²) in [7, 11) is 2.22. The van der Waals surface area contributed by atoms with Crippen LogP contribution >= 0.6 is 0 Å². The SMILES string of the molecule is CC.CCc1cccc(N2CC(N3CCN(C)CC3)C2)c1. The molecule has 0 aromatic heterocycles. The Bertz CT molecular complexity index is 418. The molecular weight excluding hydrogens is 258 g/mol. The van der Waals surface area contributed by atoms with Crippen molar-refractivity contribution in [3.8, 4) is 0 Å². The van der Waals surface area contributed by atoms with Crippen molar-refractivity contribution in [3.05, 3.63) is 29.8 Å². The number of anilines is 1. The van der Waals surface area contributed by atoms with Gasteiger partial charge in [-0.1, -0.05) is 32.9 Å². The Morgan fingerprint density at radius 3 is 2.33 bits per heavy atom. The normalized spacial score (nSPS) is 20.7. The van der Waals surface area contributed by atoms with Gasteiger partial charge in [0.2, 0.25) is 0 Å². The highest BCUT2D eigenvalue weighted by Gasteiger charge is 2.33. The van der Waals surface area contributed by atoms with Crippen LogP contribution in [0.1, 0.15) is 26.3 Å². The number of piperazine rings is 1. The molecule has 0 spiro atoms. The second-order valence-electron chi connectivity index (χ2n) is 5.92. The first kappa shape index (κ1) is 16.3. The summed E-state index contributed by atoms with van der Waals surface area (Å²) in [6, 6.07) is 9.79. The lowest BCUT2D eigenvalue weighted by Crippen LogP contribution is -2.63. The van der Waals surface area contributed by atoms with Crippen molar-refractivity contribution in [2.24, 2.45) is 0 Å². The van der Waals surface area contributed by atoms with Crippen molar-refractivity contribution >= 4 is 5.69 Å². The third kappa shape index (κ3) is 3.98. The molecule has 0 atom stereocenters. The first-order valence-electron chi connectivity index (χ1n) is 8.52. The summed E-state index contributed by atoms with van der Waals surface area (Å²) in [5.41, 5.74) is 2.85. The largest absolute Gasteiger partial charge is 0.368 e. The molecule has 3 heteroatoms. The van der Waals surface area contributed by atoms with Crippen LogP contribution in [0.3, 0.4) is 0 Å². The van der Waals surface area contributed by atoms with Crippen LogP contribution in [0.2, 0.25) is 0 Å². The van der Waals surface area contributed by atoms with Gasteiger partial charge in [0.05, 0.1) is 0 Å². The fourth-order valence-electron chi connectivity index (χ4n) is 3.06. The minimum absolute atomic E-state index is 0.777. The second kappa shape index (κ2) is 7.81. The Morgan fingerprint density at radius 1 is 1.05 bits per heavy atom. The lowest BCUT2D eigenvalue weighted by Gasteiger charge is -2.49. The molecule has 2 aliphatic heterocycles. The Hall–Kier alpha value is -1.06. The van der Waals surface area contributed by atoms with E-state index in [1.54, 1.807) is 0 Å². The molecule has 2 saturated heterocycles. The Morgan fingerprint density at radius 2 is 1.71 bits per heavy atom. The van der Waals surface area contributed by atoms with Crippen molar-refractivity contribution in [1.29, 1.82) is 0 Å². The molecule has 0 aliphatic carbocycles. The molecule has 3 nitrogen and oxygen atoms in total. The number of nitrogens with zero attached hydrogens (tertiary/aromatic N) is 3. The summed E-state index contributed by atoms with van der Waals surface area (Å²) < 4.78 is 0. The number of likely N-dealkylation sites (N-methyl/N-ethyl adjacent to an activating group) is 1. The van der Waals surface area contributed by atoms with E-state index in [-0.39, 0.29) is 0 Å². The highest BCUT2D eigenvalue weighted by atomic mass is 15.3. The maximum atomic E-state index is 2.67. The fraction of sp³-hybridized carbons (Fsp3) is 0.667. The molecule has 0 N–H and O–H groups in total. The second-order valence-corrected chi connectivity index (χ2v) is 5.92. The molecule has 1 aromatic rings. The Kier molecular flexibility index (Phi) is 6.07. The molecule has 1 aromatic carbocycles. The zero-order valence-electron chi connectivity index (χ0n) is 14.2. The zero-order valence-corrected chi connectivity index (χ0v) is 14.2. The quantitative estimate of drug-likeness (QED) is 0.847. The lowest BCUT2D eigenvalue weighted by molar-refractivity contribution is 0.0963. The summed E-state index contributed by atoms with van der Waals surface area (Å²) in [4.78, 5) is 7.61. The van der Waals surface area contributed by atoms with Crippen molar-refractivity contribution in [1.82, 2.24) is 9.80 Å². The van der Waals surface area contributed by atoms with Crippen LogP contribution in [0.5, 0.6) is 0 Å². The minimum atomic E-state index is 0.777. The maximum absolute atomic E-state index is 2.67. The van der Waals surface area contributed by atoms with Crippen LogP contribution < -0.4 is 4.90 Å². The van der Waals surface area contributed by atoms with Gasteiger partial charge >= 0.3 is 0 Å². The van der Waals surface area contributed by atoms with Gasteiger partial charge in [0.1, 0.15) is 0 Å². The lowest BCUT2D eigenvalue weighted by atomic mass is 10.0. The van der Waals surface area contributed by atoms with Gasteiger partial charge < -0.3 is 9.80 Å². The van der Waals surface area contributed by atoms with Crippen LogP contribution in [0, 0.1) is 0 Å². The maximum Gasteiger partial charge on any atom is 0.0447 e. The summed E-state index contributed by atoms with van der Waals surface area (Å²) >= 11 is 0. The van der Waals surface area contributed by atoms with Crippen LogP contribution in [0.15, 0.2) is 24.3 Å². The van der Waals surface area contributed by atoms with Gasteiger partial charge in [-0.15, -0.1) is 0 Å². The fourth-order valence-corrected chi connectivity index (χ4v) is 3.06. The molecule has 2 heterocycles. The highest BCUT2D eigenvalue weighted by molar-refractivity contribution is 5.51. The summed E-state index contributed by atoms with van der Waals surface area (Å²) in [6.45, 7) is 13.6. The van der Waals surface area contributed by atoms with Crippen LogP contribution in [-0.2, 0) is 6.42 Å². The third-order valence-electron chi connectivity index (χ3n) is 4.60. The van der Waals surface area contributed by atoms with Crippen LogP contribution in [-0.4, -0.2) is 62.2 Å². The van der Waals surface area contributed by atoms with E-state index in [4.69, 9.17) is 0 Å². The smallest absolute Gasteiger partial charge is 0.0447 e. The predicted octanol–water partition coefficient (Wildman–Crippen LogP) is 2.71. The van der Waals surface area contributed by atoms with Gasteiger partial charge in [-0.2, -0.15) is 0 Å². The van der Waals surface area contributed by atoms with Crippen molar-refractivity contribution in [2.45, 2.75) is 33.2 Å². The van der Waals surface area contributed by atoms with E-state index >= 15 is 0 Å². The molecule has 0 saturated carbocycles. The number of hydrogen-bond donors (Lipinski definition) is 0. The third-order valence-corrected chi connectivity index (χ3v) is 4.60. The number of aryl methyl sites for hydroxylation is 1. The van der Waals surface area contributed by atoms with Gasteiger partial charge in [0, 0.05) is 51.0 Å². The molecule has 0 unspecified atom stereocenters. The summed E-state index contributed by atoms with van der Waals surface area (Å²) in [5, 5.41) is 0. The van der Waals surface area contributed by atoms with Crippen molar-refractivity contribution in [2.75, 3.05) is 51.2 Å². The van der Waals surface area contributed by atoms with Gasteiger partial charge in [0.25, 0.3) is 0 Å². The average Bonchev–Trinajstić information content (AvgIpc) is 2.50. The molecule has 0 bridgehead atoms. The number of rotatable bonds is 3. The highest BCUT2D eigenvalue weighted by Crippen LogP contribution is 2.25. The van der Waals surface area contributed by atoms with E-state index in [0.29, 0.717) is 0 Å². The van der Waals surface area contributed by atoms with E-state index < -0.39 is 0 Å². The molecular formula is C18H31N3. The Balaban J connectivity index is 0.000000774. The molecule has 2 aliphatic rings. The van der Waals surface area contributed by atoms with Crippen LogP contribution in [0.25, 0.3) is 0 Å². The van der Waals surface area contributed by atoms with E-state index in [0.717, 1.165) is 12.5 Å². The van der Waals surface area contributed by atoms with Crippen molar-refractivity contribution in [3.63, 3.8) is 0 Å². The molecule has 0 radical (unpaired) electrons. The Labute approximate surface area is 130 Å². The number of hydrogen-bond acceptors (Lipinski definition) is 3. The standard InChI is InChI=1S/C16H25N3.C2H6/c1-3-14-5-4-6-15(11-14)19-12-16(13-19)18-9-7-17(2)8-10-18;1-2/h4-6,11,16H,3,7-10,12-13H2,1-2H3;1-2H3. The monoisotopic (exact) mass is 289 g/mol. The molecule has 118 valence electrons. The first-order valence-corrected chi connectivity index (χ1v) is 8.52. The first-order chi connectivity index (χ1) is 10.3. The molecule has 3 rings (SSSR count). The summed E-state index contributed by atoms with van der Waals surface area (Å²) in [5.74, 6) is 0. The average molecular weight is 289 g/mol. The van der Waals surface area contributed by atoms with E-state index in [9.17, 15) is 0 Å². The molecule has 2 fully saturated rings. The van der Waals surface area contributed by atoms with Crippen molar-refractivity contribution < 1.29 is 0 Å². The minimum Gasteiger partial charge on any atom is -0.368 e. The van der Waals surface area contributed by atoms with Crippen LogP contribution in [0.4, 0.5) is 5.69 Å². The van der Waals surface area contributed by atoms with Gasteiger partial charge in [-0.25, -0.2) is 0 Å². The topological polar surface area (TPSA) is 9.72 Å². The van der Waals surface area contributed by atoms with E-state index in [1.807, 2.05) is 13.8 Å². The van der Waals surface area contributed by atoms with Gasteiger partial charge in [-0.3, -0.25) is 4.90 Å².